The van der Waals surface area contributed by atoms with Crippen LogP contribution in [0.4, 0.5) is 20.2 Å². The minimum absolute atomic E-state index is 0.295. The van der Waals surface area contributed by atoms with Crippen molar-refractivity contribution in [2.24, 2.45) is 5.73 Å². The summed E-state index contributed by atoms with van der Waals surface area (Å²) in [5.41, 5.74) is 7.88. The monoisotopic (exact) mass is 276 g/mol. The highest BCUT2D eigenvalue weighted by atomic mass is 19.1. The zero-order chi connectivity index (χ0) is 14.7. The summed E-state index contributed by atoms with van der Waals surface area (Å²) in [6.45, 7) is 4.34. The molecule has 0 bridgehead atoms. The van der Waals surface area contributed by atoms with Gasteiger partial charge in [-0.15, -0.1) is 0 Å². The molecule has 0 heterocycles. The van der Waals surface area contributed by atoms with E-state index in [9.17, 15) is 8.78 Å². The van der Waals surface area contributed by atoms with E-state index in [2.05, 4.69) is 0 Å². The lowest BCUT2D eigenvalue weighted by atomic mass is 10.0. The summed E-state index contributed by atoms with van der Waals surface area (Å²) in [5, 5.41) is 0. The predicted molar refractivity (Wildman–Crippen MR) is 78.1 cm³/mol. The van der Waals surface area contributed by atoms with Crippen molar-refractivity contribution in [1.82, 2.24) is 0 Å². The Bertz CT molecular complexity index is 580. The van der Waals surface area contributed by atoms with Gasteiger partial charge < -0.3 is 10.6 Å². The molecule has 2 rings (SSSR count). The highest BCUT2D eigenvalue weighted by Gasteiger charge is 2.17. The van der Waals surface area contributed by atoms with Gasteiger partial charge in [-0.25, -0.2) is 8.78 Å². The van der Waals surface area contributed by atoms with Crippen molar-refractivity contribution < 1.29 is 8.78 Å². The third-order valence-corrected chi connectivity index (χ3v) is 3.23. The highest BCUT2D eigenvalue weighted by molar-refractivity contribution is 5.67. The Balaban J connectivity index is 2.52. The van der Waals surface area contributed by atoms with Crippen LogP contribution < -0.4 is 10.6 Å². The number of hydrogen-bond acceptors (Lipinski definition) is 2. The Labute approximate surface area is 117 Å². The number of nitrogens with two attached hydrogens (primary N) is 1. The minimum Gasteiger partial charge on any atom is -0.341 e. The molecule has 2 aromatic carbocycles. The van der Waals surface area contributed by atoms with Crippen molar-refractivity contribution >= 4 is 11.4 Å². The summed E-state index contributed by atoms with van der Waals surface area (Å²) < 4.78 is 27.0. The molecule has 0 fully saturated rings. The second-order valence-corrected chi connectivity index (χ2v) is 4.68. The number of rotatable bonds is 4. The molecule has 0 aliphatic heterocycles. The van der Waals surface area contributed by atoms with Gasteiger partial charge in [-0.05, 0) is 50.2 Å². The van der Waals surface area contributed by atoms with E-state index in [4.69, 9.17) is 5.73 Å². The lowest BCUT2D eigenvalue weighted by Gasteiger charge is -2.27. The van der Waals surface area contributed by atoms with Crippen LogP contribution in [0.3, 0.4) is 0 Å². The smallest absolute Gasteiger partial charge is 0.130 e. The molecule has 4 heteroatoms. The van der Waals surface area contributed by atoms with Crippen LogP contribution in [0, 0.1) is 11.6 Å². The molecule has 2 nitrogen and oxygen atoms in total. The maximum Gasteiger partial charge on any atom is 0.130 e. The lowest BCUT2D eigenvalue weighted by molar-refractivity contribution is 0.593. The van der Waals surface area contributed by atoms with Crippen molar-refractivity contribution in [2.75, 3.05) is 11.4 Å². The number of hydrogen-bond donors (Lipinski definition) is 1. The molecule has 0 saturated carbocycles. The third-order valence-electron chi connectivity index (χ3n) is 3.23. The van der Waals surface area contributed by atoms with Gasteiger partial charge in [0, 0.05) is 29.5 Å². The van der Waals surface area contributed by atoms with E-state index in [1.807, 2.05) is 17.9 Å². The molecule has 0 radical (unpaired) electrons. The van der Waals surface area contributed by atoms with Crippen LogP contribution in [-0.4, -0.2) is 6.54 Å². The minimum atomic E-state index is -0.416. The maximum absolute atomic E-state index is 14.0. The first-order valence-electron chi connectivity index (χ1n) is 6.61. The molecule has 0 aliphatic carbocycles. The van der Waals surface area contributed by atoms with Gasteiger partial charge >= 0.3 is 0 Å². The largest absolute Gasteiger partial charge is 0.341 e. The highest BCUT2D eigenvalue weighted by Crippen LogP contribution is 2.32. The van der Waals surface area contributed by atoms with E-state index >= 15 is 0 Å². The summed E-state index contributed by atoms with van der Waals surface area (Å²) in [6.07, 6.45) is 0. The lowest BCUT2D eigenvalue weighted by Crippen LogP contribution is -2.21. The normalized spacial score (nSPS) is 12.2. The fourth-order valence-electron chi connectivity index (χ4n) is 2.32. The van der Waals surface area contributed by atoms with E-state index in [0.717, 1.165) is 5.69 Å². The molecule has 106 valence electrons. The van der Waals surface area contributed by atoms with E-state index in [1.165, 1.54) is 18.2 Å². The molecule has 0 aromatic heterocycles. The average molecular weight is 276 g/mol. The molecule has 0 aliphatic rings. The van der Waals surface area contributed by atoms with Crippen LogP contribution >= 0.6 is 0 Å². The first kappa shape index (κ1) is 14.5. The van der Waals surface area contributed by atoms with Crippen LogP contribution in [0.25, 0.3) is 0 Å². The Morgan fingerprint density at radius 2 is 1.75 bits per heavy atom. The van der Waals surface area contributed by atoms with Crippen LogP contribution in [0.2, 0.25) is 0 Å². The molecule has 20 heavy (non-hydrogen) atoms. The van der Waals surface area contributed by atoms with Crippen LogP contribution in [-0.2, 0) is 0 Å². The van der Waals surface area contributed by atoms with Gasteiger partial charge in [-0.1, -0.05) is 6.07 Å². The van der Waals surface area contributed by atoms with Gasteiger partial charge in [0.15, 0.2) is 0 Å². The third kappa shape index (κ3) is 2.80. The van der Waals surface area contributed by atoms with Gasteiger partial charge in [0.1, 0.15) is 11.6 Å². The van der Waals surface area contributed by atoms with Gasteiger partial charge in [-0.2, -0.15) is 0 Å². The van der Waals surface area contributed by atoms with Crippen LogP contribution in [0.15, 0.2) is 42.5 Å². The first-order valence-corrected chi connectivity index (χ1v) is 6.61. The topological polar surface area (TPSA) is 29.3 Å². The van der Waals surface area contributed by atoms with Gasteiger partial charge in [0.05, 0.1) is 0 Å². The second kappa shape index (κ2) is 6.01. The average Bonchev–Trinajstić information content (AvgIpc) is 2.41. The second-order valence-electron chi connectivity index (χ2n) is 4.68. The SMILES string of the molecule is CCN(c1ccc(F)cc1)c1cccc(F)c1[C@H](C)N. The van der Waals surface area contributed by atoms with E-state index in [1.54, 1.807) is 25.1 Å². The molecule has 2 aromatic rings. The van der Waals surface area contributed by atoms with Gasteiger partial charge in [-0.3, -0.25) is 0 Å². The first-order chi connectivity index (χ1) is 9.54. The summed E-state index contributed by atoms with van der Waals surface area (Å²) in [5.74, 6) is -0.616. The Hall–Kier alpha value is -1.94. The Morgan fingerprint density at radius 1 is 1.10 bits per heavy atom. The van der Waals surface area contributed by atoms with Crippen LogP contribution in [0.1, 0.15) is 25.5 Å². The van der Waals surface area contributed by atoms with Crippen molar-refractivity contribution in [3.63, 3.8) is 0 Å². The molecule has 1 atom stereocenters. The van der Waals surface area contributed by atoms with Crippen molar-refractivity contribution in [1.29, 1.82) is 0 Å². The zero-order valence-corrected chi connectivity index (χ0v) is 11.6. The molecule has 0 saturated heterocycles. The Morgan fingerprint density at radius 3 is 2.30 bits per heavy atom. The molecular formula is C16H18F2N2. The quantitative estimate of drug-likeness (QED) is 0.909. The maximum atomic E-state index is 14.0. The fourth-order valence-corrected chi connectivity index (χ4v) is 2.32. The van der Waals surface area contributed by atoms with E-state index < -0.39 is 6.04 Å². The van der Waals surface area contributed by atoms with Crippen molar-refractivity contribution in [2.45, 2.75) is 19.9 Å². The van der Waals surface area contributed by atoms with Crippen LogP contribution in [0.5, 0.6) is 0 Å². The van der Waals surface area contributed by atoms with Gasteiger partial charge in [0.25, 0.3) is 0 Å². The number of anilines is 2. The van der Waals surface area contributed by atoms with Crippen molar-refractivity contribution in [3.05, 3.63) is 59.7 Å². The van der Waals surface area contributed by atoms with Gasteiger partial charge in [0.2, 0.25) is 0 Å². The molecule has 0 spiro atoms. The van der Waals surface area contributed by atoms with Crippen molar-refractivity contribution in [3.8, 4) is 0 Å². The summed E-state index contributed by atoms with van der Waals surface area (Å²) in [7, 11) is 0. The molecule has 0 amide bonds. The standard InChI is InChI=1S/C16H18F2N2/c1-3-20(13-9-7-12(17)8-10-13)15-6-4-5-14(18)16(15)11(2)19/h4-11H,3,19H2,1-2H3/t11-/m0/s1. The molecule has 2 N–H and O–H groups in total. The fraction of sp³-hybridized carbons (Fsp3) is 0.250. The molecular weight excluding hydrogens is 258 g/mol. The van der Waals surface area contributed by atoms with E-state index in [0.29, 0.717) is 17.8 Å². The summed E-state index contributed by atoms with van der Waals surface area (Å²) in [6, 6.07) is 10.6. The predicted octanol–water partition coefficient (Wildman–Crippen LogP) is 4.14. The number of benzene rings is 2. The molecule has 0 unspecified atom stereocenters. The number of halogens is 2. The number of nitrogens with zero attached hydrogens (tertiary/aromatic N) is 1. The summed E-state index contributed by atoms with van der Waals surface area (Å²) >= 11 is 0. The van der Waals surface area contributed by atoms with E-state index in [-0.39, 0.29) is 11.6 Å². The Kier molecular flexibility index (Phi) is 4.35. The zero-order valence-electron chi connectivity index (χ0n) is 11.6. The summed E-state index contributed by atoms with van der Waals surface area (Å²) in [4.78, 5) is 1.92.